The third-order valence-corrected chi connectivity index (χ3v) is 5.06. The van der Waals surface area contributed by atoms with E-state index in [1.807, 2.05) is 31.2 Å². The van der Waals surface area contributed by atoms with E-state index in [1.54, 1.807) is 18.2 Å². The lowest BCUT2D eigenvalue weighted by Gasteiger charge is -2.16. The van der Waals surface area contributed by atoms with Crippen LogP contribution >= 0.6 is 0 Å². The Labute approximate surface area is 160 Å². The number of hydrogen-bond donors (Lipinski definition) is 0. The standard InChI is InChI=1S/C20H20F2N4O2/c1-3-13-7-4-5-10-18(13)28-12-15-14(16-11-20(16,21)22)8-6-9-17(15)26-19(27)25(2)23-24-26/h4-10,16H,3,11-12H2,1-2H3. The summed E-state index contributed by atoms with van der Waals surface area (Å²) in [6.45, 7) is 2.07. The van der Waals surface area contributed by atoms with E-state index < -0.39 is 17.5 Å². The van der Waals surface area contributed by atoms with E-state index in [4.69, 9.17) is 4.74 Å². The molecule has 1 fully saturated rings. The van der Waals surface area contributed by atoms with E-state index in [1.165, 1.54) is 7.05 Å². The van der Waals surface area contributed by atoms with Gasteiger partial charge in [-0.15, -0.1) is 0 Å². The second-order valence-corrected chi connectivity index (χ2v) is 6.91. The van der Waals surface area contributed by atoms with Gasteiger partial charge in [-0.05, 0) is 40.1 Å². The molecule has 0 N–H and O–H groups in total. The van der Waals surface area contributed by atoms with Crippen molar-refractivity contribution in [3.8, 4) is 11.4 Å². The minimum absolute atomic E-state index is 0.0537. The second kappa shape index (κ2) is 6.85. The van der Waals surface area contributed by atoms with Crippen molar-refractivity contribution in [1.82, 2.24) is 19.8 Å². The number of aryl methyl sites for hydroxylation is 2. The highest BCUT2D eigenvalue weighted by molar-refractivity contribution is 5.49. The van der Waals surface area contributed by atoms with Crippen LogP contribution in [0.25, 0.3) is 5.69 Å². The fourth-order valence-corrected chi connectivity index (χ4v) is 3.38. The van der Waals surface area contributed by atoms with Crippen molar-refractivity contribution in [2.24, 2.45) is 7.05 Å². The molecule has 1 heterocycles. The molecule has 28 heavy (non-hydrogen) atoms. The van der Waals surface area contributed by atoms with Crippen molar-refractivity contribution in [3.05, 3.63) is 69.6 Å². The predicted octanol–water partition coefficient (Wildman–Crippen LogP) is 3.23. The summed E-state index contributed by atoms with van der Waals surface area (Å²) in [6.07, 6.45) is 0.583. The maximum atomic E-state index is 13.8. The van der Waals surface area contributed by atoms with E-state index in [0.29, 0.717) is 22.6 Å². The average Bonchev–Trinajstić information content (AvgIpc) is 3.21. The molecule has 3 aromatic rings. The van der Waals surface area contributed by atoms with Gasteiger partial charge in [0.05, 0.1) is 11.6 Å². The molecule has 146 valence electrons. The zero-order valence-corrected chi connectivity index (χ0v) is 15.6. The van der Waals surface area contributed by atoms with Gasteiger partial charge in [0.25, 0.3) is 5.92 Å². The fraction of sp³-hybridized carbons (Fsp3) is 0.350. The number of hydrogen-bond acceptors (Lipinski definition) is 4. The van der Waals surface area contributed by atoms with Crippen molar-refractivity contribution in [3.63, 3.8) is 0 Å². The number of benzene rings is 2. The zero-order chi connectivity index (χ0) is 19.9. The summed E-state index contributed by atoms with van der Waals surface area (Å²) in [6, 6.07) is 12.6. The maximum absolute atomic E-state index is 13.8. The lowest BCUT2D eigenvalue weighted by molar-refractivity contribution is 0.112. The van der Waals surface area contributed by atoms with Crippen LogP contribution in [-0.4, -0.2) is 25.7 Å². The van der Waals surface area contributed by atoms with Crippen LogP contribution in [0.15, 0.2) is 47.3 Å². The second-order valence-electron chi connectivity index (χ2n) is 6.91. The van der Waals surface area contributed by atoms with Crippen molar-refractivity contribution in [1.29, 1.82) is 0 Å². The molecular formula is C20H20F2N4O2. The maximum Gasteiger partial charge on any atom is 0.368 e. The third-order valence-electron chi connectivity index (χ3n) is 5.06. The summed E-state index contributed by atoms with van der Waals surface area (Å²) in [4.78, 5) is 12.3. The molecule has 2 aromatic carbocycles. The first-order valence-electron chi connectivity index (χ1n) is 9.12. The van der Waals surface area contributed by atoms with Crippen LogP contribution in [0.5, 0.6) is 5.75 Å². The number of tetrazole rings is 1. The largest absolute Gasteiger partial charge is 0.489 e. The summed E-state index contributed by atoms with van der Waals surface area (Å²) in [5.74, 6) is -2.91. The Bertz CT molecular complexity index is 1070. The number of nitrogens with zero attached hydrogens (tertiary/aromatic N) is 4. The summed E-state index contributed by atoms with van der Waals surface area (Å²) in [7, 11) is 1.48. The summed E-state index contributed by atoms with van der Waals surface area (Å²) < 4.78 is 35.8. The van der Waals surface area contributed by atoms with Crippen molar-refractivity contribution >= 4 is 0 Å². The lowest BCUT2D eigenvalue weighted by Crippen LogP contribution is -2.23. The van der Waals surface area contributed by atoms with Gasteiger partial charge in [0.1, 0.15) is 12.4 Å². The van der Waals surface area contributed by atoms with E-state index in [-0.39, 0.29) is 13.0 Å². The molecular weight excluding hydrogens is 366 g/mol. The first-order valence-corrected chi connectivity index (χ1v) is 9.12. The Kier molecular flexibility index (Phi) is 4.49. The third kappa shape index (κ3) is 3.19. The Morgan fingerprint density at radius 2 is 1.93 bits per heavy atom. The smallest absolute Gasteiger partial charge is 0.368 e. The van der Waals surface area contributed by atoms with Gasteiger partial charge in [0, 0.05) is 19.0 Å². The zero-order valence-electron chi connectivity index (χ0n) is 15.6. The predicted molar refractivity (Wildman–Crippen MR) is 99.1 cm³/mol. The van der Waals surface area contributed by atoms with Crippen LogP contribution in [0.4, 0.5) is 8.78 Å². The number of rotatable bonds is 6. The SMILES string of the molecule is CCc1ccccc1OCc1c(C2CC2(F)F)cccc1-n1nnn(C)c1=O. The first kappa shape index (κ1) is 18.3. The van der Waals surface area contributed by atoms with Gasteiger partial charge < -0.3 is 4.74 Å². The van der Waals surface area contributed by atoms with E-state index in [0.717, 1.165) is 21.3 Å². The highest BCUT2D eigenvalue weighted by Gasteiger charge is 2.58. The molecule has 6 nitrogen and oxygen atoms in total. The Morgan fingerprint density at radius 1 is 1.18 bits per heavy atom. The molecule has 1 atom stereocenters. The molecule has 0 saturated heterocycles. The van der Waals surface area contributed by atoms with E-state index in [9.17, 15) is 13.6 Å². The summed E-state index contributed by atoms with van der Waals surface area (Å²) in [5, 5.41) is 7.59. The van der Waals surface area contributed by atoms with Gasteiger partial charge in [0.2, 0.25) is 0 Å². The number of alkyl halides is 2. The molecule has 1 aromatic heterocycles. The van der Waals surface area contributed by atoms with Crippen LogP contribution < -0.4 is 10.4 Å². The van der Waals surface area contributed by atoms with Crippen LogP contribution in [0.2, 0.25) is 0 Å². The first-order chi connectivity index (χ1) is 13.4. The van der Waals surface area contributed by atoms with Crippen LogP contribution in [0, 0.1) is 0 Å². The Balaban J connectivity index is 1.77. The van der Waals surface area contributed by atoms with Gasteiger partial charge >= 0.3 is 5.69 Å². The van der Waals surface area contributed by atoms with Crippen LogP contribution in [-0.2, 0) is 20.1 Å². The minimum Gasteiger partial charge on any atom is -0.489 e. The van der Waals surface area contributed by atoms with Crippen LogP contribution in [0.1, 0.15) is 36.0 Å². The average molecular weight is 386 g/mol. The van der Waals surface area contributed by atoms with E-state index in [2.05, 4.69) is 10.4 Å². The number of para-hydroxylation sites is 1. The molecule has 1 aliphatic rings. The molecule has 0 amide bonds. The molecule has 0 radical (unpaired) electrons. The van der Waals surface area contributed by atoms with Crippen molar-refractivity contribution < 1.29 is 13.5 Å². The molecule has 0 bridgehead atoms. The van der Waals surface area contributed by atoms with Gasteiger partial charge in [-0.25, -0.2) is 13.6 Å². The van der Waals surface area contributed by atoms with Gasteiger partial charge in [0.15, 0.2) is 0 Å². The number of aromatic nitrogens is 4. The van der Waals surface area contributed by atoms with Crippen molar-refractivity contribution in [2.75, 3.05) is 0 Å². The number of ether oxygens (including phenoxy) is 1. The molecule has 1 aliphatic carbocycles. The van der Waals surface area contributed by atoms with Gasteiger partial charge in [-0.2, -0.15) is 9.36 Å². The van der Waals surface area contributed by atoms with Gasteiger partial charge in [-0.3, -0.25) is 0 Å². The molecule has 1 unspecified atom stereocenters. The Hall–Kier alpha value is -3.03. The quantitative estimate of drug-likeness (QED) is 0.653. The highest BCUT2D eigenvalue weighted by Crippen LogP contribution is 2.56. The topological polar surface area (TPSA) is 61.9 Å². The summed E-state index contributed by atoms with van der Waals surface area (Å²) >= 11 is 0. The van der Waals surface area contributed by atoms with Crippen LogP contribution in [0.3, 0.4) is 0 Å². The van der Waals surface area contributed by atoms with Crippen molar-refractivity contribution in [2.45, 2.75) is 38.2 Å². The molecule has 0 spiro atoms. The molecule has 8 heteroatoms. The highest BCUT2D eigenvalue weighted by atomic mass is 19.3. The molecule has 0 aliphatic heterocycles. The number of halogens is 2. The minimum atomic E-state index is -2.73. The monoisotopic (exact) mass is 386 g/mol. The Morgan fingerprint density at radius 3 is 2.57 bits per heavy atom. The molecule has 1 saturated carbocycles. The molecule has 4 rings (SSSR count). The van der Waals surface area contributed by atoms with E-state index >= 15 is 0 Å². The van der Waals surface area contributed by atoms with Gasteiger partial charge in [-0.1, -0.05) is 37.3 Å². The fourth-order valence-electron chi connectivity index (χ4n) is 3.38. The lowest BCUT2D eigenvalue weighted by atomic mass is 10.0. The summed E-state index contributed by atoms with van der Waals surface area (Å²) in [5.41, 5.74) is 1.99. The normalized spacial score (nSPS) is 17.5.